The maximum Gasteiger partial charge on any atom is 0.273 e. The number of hydrogen-bond donors (Lipinski definition) is 4. The van der Waals surface area contributed by atoms with Gasteiger partial charge in [0.25, 0.3) is 5.91 Å². The van der Waals surface area contributed by atoms with Gasteiger partial charge in [-0.05, 0) is 19.8 Å². The molecule has 2 amide bonds. The highest BCUT2D eigenvalue weighted by atomic mass is 16.2. The number of nitrogens with zero attached hydrogens (tertiary/aromatic N) is 1. The van der Waals surface area contributed by atoms with E-state index in [0.717, 1.165) is 12.1 Å². The van der Waals surface area contributed by atoms with Gasteiger partial charge in [-0.25, -0.2) is 0 Å². The van der Waals surface area contributed by atoms with E-state index in [1.165, 1.54) is 0 Å². The molecule has 1 atom stereocenters. The Balaban J connectivity index is 2.40. The molecule has 0 saturated heterocycles. The first-order valence-corrected chi connectivity index (χ1v) is 6.89. The molecule has 0 fully saturated rings. The summed E-state index contributed by atoms with van der Waals surface area (Å²) in [6, 6.07) is 0.146. The third kappa shape index (κ3) is 4.25. The van der Waals surface area contributed by atoms with Gasteiger partial charge in [0.1, 0.15) is 0 Å². The average Bonchev–Trinajstić information content (AvgIpc) is 2.79. The number of aryl methyl sites for hydroxylation is 1. The molecule has 112 valence electrons. The summed E-state index contributed by atoms with van der Waals surface area (Å²) in [7, 11) is 0. The molecule has 1 heterocycles. The number of aromatic nitrogens is 2. The van der Waals surface area contributed by atoms with Crippen LogP contribution in [0.4, 0.5) is 5.69 Å². The molecule has 0 spiro atoms. The van der Waals surface area contributed by atoms with Crippen LogP contribution in [0.15, 0.2) is 0 Å². The van der Waals surface area contributed by atoms with Crippen LogP contribution >= 0.6 is 0 Å². The molecule has 1 rings (SSSR count). The zero-order valence-electron chi connectivity index (χ0n) is 12.2. The van der Waals surface area contributed by atoms with E-state index in [-0.39, 0.29) is 36.5 Å². The maximum atomic E-state index is 11.8. The molecule has 0 aliphatic heterocycles. The molecule has 0 radical (unpaired) electrons. The summed E-state index contributed by atoms with van der Waals surface area (Å²) >= 11 is 0. The van der Waals surface area contributed by atoms with Crippen LogP contribution in [0.1, 0.15) is 49.8 Å². The second kappa shape index (κ2) is 7.52. The Morgan fingerprint density at radius 2 is 2.10 bits per heavy atom. The van der Waals surface area contributed by atoms with Crippen LogP contribution in [0.2, 0.25) is 0 Å². The molecule has 20 heavy (non-hydrogen) atoms. The molecule has 1 aromatic heterocycles. The molecule has 0 saturated carbocycles. The molecule has 7 nitrogen and oxygen atoms in total. The standard InChI is InChI=1S/C13H23N5O2/c1-4-8(3)16-10(19)6-7-15-13(20)12-11(14)9(5-2)17-18-12/h8H,4-7,14H2,1-3H3,(H,15,20)(H,16,19)(H,17,18). The smallest absolute Gasteiger partial charge is 0.273 e. The maximum absolute atomic E-state index is 11.8. The molecular weight excluding hydrogens is 258 g/mol. The van der Waals surface area contributed by atoms with E-state index in [1.54, 1.807) is 0 Å². The van der Waals surface area contributed by atoms with Crippen LogP contribution in [0.25, 0.3) is 0 Å². The summed E-state index contributed by atoms with van der Waals surface area (Å²) in [6.45, 7) is 6.12. The second-order valence-corrected chi connectivity index (χ2v) is 4.70. The number of carbonyl (C=O) groups is 2. The fourth-order valence-corrected chi connectivity index (χ4v) is 1.65. The summed E-state index contributed by atoms with van der Waals surface area (Å²) in [5, 5.41) is 12.1. The van der Waals surface area contributed by atoms with Gasteiger partial charge < -0.3 is 16.4 Å². The molecule has 0 aromatic carbocycles. The van der Waals surface area contributed by atoms with Gasteiger partial charge in [0.05, 0.1) is 11.4 Å². The van der Waals surface area contributed by atoms with Crippen molar-refractivity contribution in [3.8, 4) is 0 Å². The number of H-pyrrole nitrogens is 1. The Hall–Kier alpha value is -2.05. The zero-order valence-corrected chi connectivity index (χ0v) is 12.2. The molecule has 0 aliphatic carbocycles. The number of nitrogens with one attached hydrogen (secondary N) is 3. The van der Waals surface area contributed by atoms with E-state index in [2.05, 4.69) is 20.8 Å². The summed E-state index contributed by atoms with van der Waals surface area (Å²) in [6.07, 6.45) is 1.80. The Labute approximate surface area is 118 Å². The molecule has 0 aliphatic rings. The predicted octanol–water partition coefficient (Wildman–Crippen LogP) is 0.589. The first kappa shape index (κ1) is 16.0. The number of nitrogens with two attached hydrogens (primary N) is 1. The first-order chi connectivity index (χ1) is 9.49. The van der Waals surface area contributed by atoms with Crippen LogP contribution in [-0.2, 0) is 11.2 Å². The number of amides is 2. The van der Waals surface area contributed by atoms with E-state index >= 15 is 0 Å². The van der Waals surface area contributed by atoms with Gasteiger partial charge in [0.2, 0.25) is 5.91 Å². The third-order valence-corrected chi connectivity index (χ3v) is 3.11. The topological polar surface area (TPSA) is 113 Å². The molecule has 7 heteroatoms. The van der Waals surface area contributed by atoms with Gasteiger partial charge in [0, 0.05) is 19.0 Å². The quantitative estimate of drug-likeness (QED) is 0.585. The molecule has 1 aromatic rings. The van der Waals surface area contributed by atoms with E-state index < -0.39 is 0 Å². The monoisotopic (exact) mass is 281 g/mol. The molecule has 1 unspecified atom stereocenters. The third-order valence-electron chi connectivity index (χ3n) is 3.11. The van der Waals surface area contributed by atoms with Crippen molar-refractivity contribution in [2.45, 2.75) is 46.1 Å². The van der Waals surface area contributed by atoms with Crippen LogP contribution in [0.3, 0.4) is 0 Å². The lowest BCUT2D eigenvalue weighted by atomic mass is 10.2. The van der Waals surface area contributed by atoms with Gasteiger partial charge in [0.15, 0.2) is 5.69 Å². The van der Waals surface area contributed by atoms with E-state index in [4.69, 9.17) is 5.73 Å². The lowest BCUT2D eigenvalue weighted by molar-refractivity contribution is -0.121. The zero-order chi connectivity index (χ0) is 15.1. The highest BCUT2D eigenvalue weighted by Crippen LogP contribution is 2.13. The summed E-state index contributed by atoms with van der Waals surface area (Å²) in [4.78, 5) is 23.4. The Bertz CT molecular complexity index is 469. The SMILES string of the molecule is CCc1[nH]nc(C(=O)NCCC(=O)NC(C)CC)c1N. The van der Waals surface area contributed by atoms with Crippen molar-refractivity contribution in [2.24, 2.45) is 0 Å². The minimum absolute atomic E-state index is 0.0797. The number of carbonyl (C=O) groups excluding carboxylic acids is 2. The molecular formula is C13H23N5O2. The van der Waals surface area contributed by atoms with Gasteiger partial charge in [-0.1, -0.05) is 13.8 Å². The largest absolute Gasteiger partial charge is 0.395 e. The minimum atomic E-state index is -0.366. The van der Waals surface area contributed by atoms with E-state index in [0.29, 0.717) is 12.1 Å². The molecule has 5 N–H and O–H groups in total. The van der Waals surface area contributed by atoms with Crippen LogP contribution < -0.4 is 16.4 Å². The van der Waals surface area contributed by atoms with Gasteiger partial charge in [-0.2, -0.15) is 5.10 Å². The highest BCUT2D eigenvalue weighted by Gasteiger charge is 2.16. The van der Waals surface area contributed by atoms with Crippen molar-refractivity contribution in [3.63, 3.8) is 0 Å². The lowest BCUT2D eigenvalue weighted by Gasteiger charge is -2.11. The predicted molar refractivity (Wildman–Crippen MR) is 77.2 cm³/mol. The van der Waals surface area contributed by atoms with Gasteiger partial charge in [-0.15, -0.1) is 0 Å². The summed E-state index contributed by atoms with van der Waals surface area (Å²) in [5.74, 6) is -0.446. The fraction of sp³-hybridized carbons (Fsp3) is 0.615. The Morgan fingerprint density at radius 1 is 1.40 bits per heavy atom. The number of hydrogen-bond acceptors (Lipinski definition) is 4. The van der Waals surface area contributed by atoms with Crippen LogP contribution in [-0.4, -0.2) is 34.6 Å². The van der Waals surface area contributed by atoms with Crippen molar-refractivity contribution in [3.05, 3.63) is 11.4 Å². The second-order valence-electron chi connectivity index (χ2n) is 4.70. The fourth-order valence-electron chi connectivity index (χ4n) is 1.65. The Morgan fingerprint density at radius 3 is 2.65 bits per heavy atom. The summed E-state index contributed by atoms with van der Waals surface area (Å²) < 4.78 is 0. The van der Waals surface area contributed by atoms with Gasteiger partial charge in [-0.3, -0.25) is 14.7 Å². The lowest BCUT2D eigenvalue weighted by Crippen LogP contribution is -2.35. The van der Waals surface area contributed by atoms with Crippen LogP contribution in [0.5, 0.6) is 0 Å². The van der Waals surface area contributed by atoms with E-state index in [9.17, 15) is 9.59 Å². The van der Waals surface area contributed by atoms with Crippen molar-refractivity contribution in [2.75, 3.05) is 12.3 Å². The number of rotatable bonds is 7. The summed E-state index contributed by atoms with van der Waals surface area (Å²) in [5.41, 5.74) is 7.09. The van der Waals surface area contributed by atoms with Crippen molar-refractivity contribution in [1.82, 2.24) is 20.8 Å². The van der Waals surface area contributed by atoms with E-state index in [1.807, 2.05) is 20.8 Å². The Kier molecular flexibility index (Phi) is 6.02. The highest BCUT2D eigenvalue weighted by molar-refractivity contribution is 5.97. The normalized spacial score (nSPS) is 11.9. The number of anilines is 1. The van der Waals surface area contributed by atoms with Gasteiger partial charge >= 0.3 is 0 Å². The molecule has 0 bridgehead atoms. The average molecular weight is 281 g/mol. The number of aromatic amines is 1. The first-order valence-electron chi connectivity index (χ1n) is 6.89. The van der Waals surface area contributed by atoms with Crippen molar-refractivity contribution >= 4 is 17.5 Å². The van der Waals surface area contributed by atoms with Crippen LogP contribution in [0, 0.1) is 0 Å². The van der Waals surface area contributed by atoms with Crippen molar-refractivity contribution < 1.29 is 9.59 Å². The minimum Gasteiger partial charge on any atom is -0.395 e. The van der Waals surface area contributed by atoms with Crippen molar-refractivity contribution in [1.29, 1.82) is 0 Å². The number of nitrogen functional groups attached to an aromatic ring is 1.